The van der Waals surface area contributed by atoms with Crippen LogP contribution >= 0.6 is 11.3 Å². The number of hydrogen-bond acceptors (Lipinski definition) is 6. The Labute approximate surface area is 176 Å². The van der Waals surface area contributed by atoms with Crippen LogP contribution in [0.25, 0.3) is 0 Å². The molecule has 154 valence electrons. The first-order valence-corrected chi connectivity index (χ1v) is 11.7. The molecule has 0 N–H and O–H groups in total. The molecule has 2 aromatic heterocycles. The zero-order valence-corrected chi connectivity index (χ0v) is 18.2. The minimum Gasteiger partial charge on any atom is -0.296 e. The Balaban J connectivity index is 1.46. The second-order valence-electron chi connectivity index (χ2n) is 8.74. The number of aryl methyl sites for hydroxylation is 2. The number of likely N-dealkylation sites (tertiary alicyclic amines) is 1. The Hall–Kier alpha value is -1.86. The summed E-state index contributed by atoms with van der Waals surface area (Å²) in [6.45, 7) is 6.94. The third kappa shape index (κ3) is 3.94. The van der Waals surface area contributed by atoms with E-state index in [4.69, 9.17) is 9.97 Å². The van der Waals surface area contributed by atoms with Gasteiger partial charge < -0.3 is 0 Å². The molecule has 1 saturated carbocycles. The lowest BCUT2D eigenvalue weighted by Crippen LogP contribution is -2.39. The molecule has 29 heavy (non-hydrogen) atoms. The number of carbonyl (C=O) groups is 1. The van der Waals surface area contributed by atoms with Crippen molar-refractivity contribution in [2.24, 2.45) is 5.92 Å². The van der Waals surface area contributed by atoms with E-state index in [1.165, 1.54) is 36.1 Å². The van der Waals surface area contributed by atoms with E-state index in [-0.39, 0.29) is 11.9 Å². The summed E-state index contributed by atoms with van der Waals surface area (Å²) in [6, 6.07) is 0.218. The van der Waals surface area contributed by atoms with Gasteiger partial charge in [0.15, 0.2) is 0 Å². The van der Waals surface area contributed by atoms with Gasteiger partial charge in [-0.05, 0) is 58.4 Å². The van der Waals surface area contributed by atoms with Gasteiger partial charge in [-0.2, -0.15) is 0 Å². The molecule has 0 radical (unpaired) electrons. The molecular weight excluding hydrogens is 382 g/mol. The van der Waals surface area contributed by atoms with Gasteiger partial charge in [-0.3, -0.25) is 14.6 Å². The van der Waals surface area contributed by atoms with Crippen molar-refractivity contribution in [1.29, 1.82) is 0 Å². The Morgan fingerprint density at radius 2 is 2.00 bits per heavy atom. The number of anilines is 1. The minimum absolute atomic E-state index is 0.218. The van der Waals surface area contributed by atoms with Crippen molar-refractivity contribution in [3.8, 4) is 0 Å². The molecule has 1 amide bonds. The highest BCUT2D eigenvalue weighted by atomic mass is 32.1. The van der Waals surface area contributed by atoms with Crippen molar-refractivity contribution >= 4 is 23.1 Å². The number of aromatic nitrogens is 3. The van der Waals surface area contributed by atoms with Crippen LogP contribution in [0.5, 0.6) is 0 Å². The number of rotatable bonds is 5. The summed E-state index contributed by atoms with van der Waals surface area (Å²) < 4.78 is 0. The zero-order valence-electron chi connectivity index (χ0n) is 17.4. The zero-order chi connectivity index (χ0) is 20.0. The average Bonchev–Trinajstić information content (AvgIpc) is 3.44. The van der Waals surface area contributed by atoms with Crippen LogP contribution in [0, 0.1) is 19.8 Å². The summed E-state index contributed by atoms with van der Waals surface area (Å²) in [5.41, 5.74) is 2.23. The second-order valence-corrected chi connectivity index (χ2v) is 10.1. The topological polar surface area (TPSA) is 62.2 Å². The van der Waals surface area contributed by atoms with Crippen LogP contribution in [0.15, 0.2) is 6.20 Å². The summed E-state index contributed by atoms with van der Waals surface area (Å²) in [7, 11) is 0. The van der Waals surface area contributed by atoms with Crippen LogP contribution in [0.3, 0.4) is 0 Å². The third-order valence-electron chi connectivity index (χ3n) is 6.43. The molecule has 0 bridgehead atoms. The van der Waals surface area contributed by atoms with E-state index in [2.05, 4.69) is 23.7 Å². The molecule has 0 unspecified atom stereocenters. The van der Waals surface area contributed by atoms with Crippen molar-refractivity contribution in [2.75, 3.05) is 18.0 Å². The minimum atomic E-state index is 0.218. The van der Waals surface area contributed by atoms with Crippen molar-refractivity contribution in [3.05, 3.63) is 33.2 Å². The Bertz CT molecular complexity index is 922. The highest BCUT2D eigenvalue weighted by Gasteiger charge is 2.35. The number of thiazole rings is 1. The third-order valence-corrected chi connectivity index (χ3v) is 7.33. The molecule has 1 aliphatic carbocycles. The largest absolute Gasteiger partial charge is 0.296 e. The number of fused-ring (bicyclic) bond motifs is 1. The molecule has 5 rings (SSSR count). The highest BCUT2D eigenvalue weighted by Crippen LogP contribution is 2.37. The predicted octanol–water partition coefficient (Wildman–Crippen LogP) is 3.97. The van der Waals surface area contributed by atoms with E-state index in [1.807, 2.05) is 11.1 Å². The standard InChI is InChI=1S/C22H29N5OS/c1-14-18-8-9-20(28)27(12-16-6-7-16)22(18)25-21(24-14)19-5-3-4-10-26(19)13-17-11-23-15(2)29-17/h11,16,19H,3-10,12-13H2,1-2H3/t19-/m0/s1. The molecule has 3 aliphatic rings. The van der Waals surface area contributed by atoms with Crippen LogP contribution in [0.1, 0.15) is 71.5 Å². The van der Waals surface area contributed by atoms with Gasteiger partial charge in [-0.1, -0.05) is 6.42 Å². The molecule has 2 aromatic rings. The predicted molar refractivity (Wildman–Crippen MR) is 114 cm³/mol. The fourth-order valence-corrected chi connectivity index (χ4v) is 5.47. The van der Waals surface area contributed by atoms with E-state index in [0.29, 0.717) is 12.3 Å². The fraction of sp³-hybridized carbons (Fsp3) is 0.636. The van der Waals surface area contributed by atoms with Gasteiger partial charge in [0.25, 0.3) is 0 Å². The van der Waals surface area contributed by atoms with E-state index < -0.39 is 0 Å². The first-order chi connectivity index (χ1) is 14.1. The summed E-state index contributed by atoms with van der Waals surface area (Å²) in [5, 5.41) is 1.11. The molecule has 0 spiro atoms. The van der Waals surface area contributed by atoms with Gasteiger partial charge in [-0.25, -0.2) is 15.0 Å². The molecular formula is C22H29N5OS. The first kappa shape index (κ1) is 19.1. The van der Waals surface area contributed by atoms with Crippen LogP contribution in [-0.4, -0.2) is 38.8 Å². The smallest absolute Gasteiger partial charge is 0.228 e. The maximum Gasteiger partial charge on any atom is 0.228 e. The molecule has 1 atom stereocenters. The van der Waals surface area contributed by atoms with E-state index in [0.717, 1.165) is 54.8 Å². The molecule has 2 aliphatic heterocycles. The van der Waals surface area contributed by atoms with Crippen LogP contribution in [0.2, 0.25) is 0 Å². The molecule has 4 heterocycles. The van der Waals surface area contributed by atoms with Gasteiger partial charge in [-0.15, -0.1) is 11.3 Å². The summed E-state index contributed by atoms with van der Waals surface area (Å²) in [4.78, 5) is 32.9. The Morgan fingerprint density at radius 1 is 1.14 bits per heavy atom. The second kappa shape index (κ2) is 7.76. The fourth-order valence-electron chi connectivity index (χ4n) is 4.65. The summed E-state index contributed by atoms with van der Waals surface area (Å²) in [6.07, 6.45) is 9.33. The normalized spacial score (nSPS) is 22.8. The maximum atomic E-state index is 12.7. The lowest BCUT2D eigenvalue weighted by atomic mass is 9.99. The van der Waals surface area contributed by atoms with Crippen LogP contribution < -0.4 is 4.90 Å². The van der Waals surface area contributed by atoms with Gasteiger partial charge >= 0.3 is 0 Å². The Morgan fingerprint density at radius 3 is 2.76 bits per heavy atom. The average molecular weight is 412 g/mol. The molecule has 2 fully saturated rings. The number of piperidine rings is 1. The Kier molecular flexibility index (Phi) is 5.12. The van der Waals surface area contributed by atoms with Gasteiger partial charge in [0.2, 0.25) is 5.91 Å². The van der Waals surface area contributed by atoms with E-state index in [1.54, 1.807) is 11.3 Å². The van der Waals surface area contributed by atoms with Gasteiger partial charge in [0.1, 0.15) is 11.6 Å². The lowest BCUT2D eigenvalue weighted by molar-refractivity contribution is -0.119. The van der Waals surface area contributed by atoms with Crippen molar-refractivity contribution in [1.82, 2.24) is 19.9 Å². The van der Waals surface area contributed by atoms with E-state index >= 15 is 0 Å². The van der Waals surface area contributed by atoms with Crippen molar-refractivity contribution < 1.29 is 4.79 Å². The van der Waals surface area contributed by atoms with E-state index in [9.17, 15) is 4.79 Å². The number of carbonyl (C=O) groups excluding carboxylic acids is 1. The van der Waals surface area contributed by atoms with Crippen molar-refractivity contribution in [3.63, 3.8) is 0 Å². The van der Waals surface area contributed by atoms with Crippen LogP contribution in [-0.2, 0) is 17.8 Å². The number of amides is 1. The lowest BCUT2D eigenvalue weighted by Gasteiger charge is -2.36. The number of nitrogens with zero attached hydrogens (tertiary/aromatic N) is 5. The quantitative estimate of drug-likeness (QED) is 0.745. The summed E-state index contributed by atoms with van der Waals surface area (Å²) >= 11 is 1.77. The molecule has 1 saturated heterocycles. The monoisotopic (exact) mass is 411 g/mol. The SMILES string of the molecule is Cc1ncc(CN2CCCC[C@H]2c2nc(C)c3c(n2)N(CC2CC2)C(=O)CC3)s1. The highest BCUT2D eigenvalue weighted by molar-refractivity contribution is 7.11. The summed E-state index contributed by atoms with van der Waals surface area (Å²) in [5.74, 6) is 2.69. The molecule has 0 aromatic carbocycles. The van der Waals surface area contributed by atoms with Crippen LogP contribution in [0.4, 0.5) is 5.82 Å². The van der Waals surface area contributed by atoms with Gasteiger partial charge in [0.05, 0.1) is 11.0 Å². The first-order valence-electron chi connectivity index (χ1n) is 10.9. The van der Waals surface area contributed by atoms with Crippen molar-refractivity contribution in [2.45, 2.75) is 71.4 Å². The molecule has 7 heteroatoms. The maximum absolute atomic E-state index is 12.7. The number of hydrogen-bond donors (Lipinski definition) is 0. The van der Waals surface area contributed by atoms with Gasteiger partial charge in [0, 0.05) is 41.8 Å². The molecule has 6 nitrogen and oxygen atoms in total.